The maximum absolute atomic E-state index is 13.1. The van der Waals surface area contributed by atoms with Gasteiger partial charge in [-0.05, 0) is 32.1 Å². The Balaban J connectivity index is 1.51. The smallest absolute Gasteiger partial charge is 0.407 e. The second-order valence-corrected chi connectivity index (χ2v) is 7.69. The molecule has 118 valence electrons. The molecule has 5 nitrogen and oxygen atoms in total. The van der Waals surface area contributed by atoms with E-state index in [9.17, 15) is 9.59 Å². The molecule has 2 heterocycles. The van der Waals surface area contributed by atoms with Crippen LogP contribution in [0.1, 0.15) is 20.3 Å². The Morgan fingerprint density at radius 3 is 2.41 bits per heavy atom. The van der Waals surface area contributed by atoms with Crippen LogP contribution in [-0.4, -0.2) is 51.6 Å². The van der Waals surface area contributed by atoms with Crippen molar-refractivity contribution in [3.63, 3.8) is 0 Å². The van der Waals surface area contributed by atoms with Gasteiger partial charge in [-0.25, -0.2) is 4.79 Å². The molecule has 0 aromatic rings. The van der Waals surface area contributed by atoms with E-state index in [1.54, 1.807) is 0 Å². The summed E-state index contributed by atoms with van der Waals surface area (Å²) in [5.41, 5.74) is -0.130. The van der Waals surface area contributed by atoms with Crippen LogP contribution in [0.3, 0.4) is 0 Å². The fourth-order valence-corrected chi connectivity index (χ4v) is 4.84. The fourth-order valence-electron chi connectivity index (χ4n) is 4.84. The SMILES string of the molecule is CC1(C)CC2C=CC=CC2N1C(=O)C1[C@H]2CN(C(=O)O)C[C@@H]12. The third kappa shape index (κ3) is 1.84. The molecule has 4 rings (SSSR count). The highest BCUT2D eigenvalue weighted by Gasteiger charge is 2.63. The second-order valence-electron chi connectivity index (χ2n) is 7.69. The molecule has 1 N–H and O–H groups in total. The number of hydrogen-bond acceptors (Lipinski definition) is 2. The summed E-state index contributed by atoms with van der Waals surface area (Å²) < 4.78 is 0. The van der Waals surface area contributed by atoms with Gasteiger partial charge in [-0.3, -0.25) is 4.79 Å². The number of nitrogens with zero attached hydrogens (tertiary/aromatic N) is 2. The average Bonchev–Trinajstić information content (AvgIpc) is 2.82. The van der Waals surface area contributed by atoms with Crippen molar-refractivity contribution >= 4 is 12.0 Å². The molecular formula is C17H22N2O3. The van der Waals surface area contributed by atoms with Crippen LogP contribution in [0.5, 0.6) is 0 Å². The Hall–Kier alpha value is -1.78. The molecule has 22 heavy (non-hydrogen) atoms. The highest BCUT2D eigenvalue weighted by Crippen LogP contribution is 2.54. The first-order valence-corrected chi connectivity index (χ1v) is 8.06. The van der Waals surface area contributed by atoms with Crippen molar-refractivity contribution in [2.45, 2.75) is 31.8 Å². The van der Waals surface area contributed by atoms with Gasteiger partial charge in [0, 0.05) is 30.5 Å². The van der Waals surface area contributed by atoms with Gasteiger partial charge in [-0.15, -0.1) is 0 Å². The maximum Gasteiger partial charge on any atom is 0.407 e. The van der Waals surface area contributed by atoms with E-state index in [-0.39, 0.29) is 35.2 Å². The van der Waals surface area contributed by atoms with Gasteiger partial charge in [-0.2, -0.15) is 0 Å². The molecule has 3 fully saturated rings. The zero-order valence-electron chi connectivity index (χ0n) is 13.0. The number of carbonyl (C=O) groups excluding carboxylic acids is 1. The summed E-state index contributed by atoms with van der Waals surface area (Å²) in [7, 11) is 0. The number of piperidine rings is 1. The zero-order valence-corrected chi connectivity index (χ0v) is 13.0. The predicted octanol–water partition coefficient (Wildman–Crippen LogP) is 1.96. The highest BCUT2D eigenvalue weighted by molar-refractivity contribution is 5.85. The van der Waals surface area contributed by atoms with Crippen LogP contribution in [0.2, 0.25) is 0 Å². The number of carbonyl (C=O) groups is 2. The molecule has 0 aromatic heterocycles. The molecule has 1 saturated carbocycles. The molecule has 0 spiro atoms. The van der Waals surface area contributed by atoms with Crippen molar-refractivity contribution in [3.05, 3.63) is 24.3 Å². The number of allylic oxidation sites excluding steroid dienone is 2. The molecule has 3 unspecified atom stereocenters. The first kappa shape index (κ1) is 13.9. The average molecular weight is 302 g/mol. The van der Waals surface area contributed by atoms with Crippen LogP contribution >= 0.6 is 0 Å². The summed E-state index contributed by atoms with van der Waals surface area (Å²) in [4.78, 5) is 27.6. The largest absolute Gasteiger partial charge is 0.465 e. The van der Waals surface area contributed by atoms with Gasteiger partial charge in [0.25, 0.3) is 0 Å². The number of carboxylic acid groups (broad SMARTS) is 1. The lowest BCUT2D eigenvalue weighted by Gasteiger charge is -2.36. The number of rotatable bonds is 1. The number of amides is 2. The van der Waals surface area contributed by atoms with Crippen molar-refractivity contribution in [2.75, 3.05) is 13.1 Å². The van der Waals surface area contributed by atoms with Crippen LogP contribution in [0.25, 0.3) is 0 Å². The lowest BCUT2D eigenvalue weighted by molar-refractivity contribution is -0.138. The van der Waals surface area contributed by atoms with Gasteiger partial charge >= 0.3 is 6.09 Å². The van der Waals surface area contributed by atoms with Crippen molar-refractivity contribution in [1.82, 2.24) is 9.80 Å². The molecule has 0 bridgehead atoms. The Morgan fingerprint density at radius 1 is 1.14 bits per heavy atom. The van der Waals surface area contributed by atoms with E-state index in [2.05, 4.69) is 37.0 Å². The predicted molar refractivity (Wildman–Crippen MR) is 81.2 cm³/mol. The summed E-state index contributed by atoms with van der Waals surface area (Å²) in [5.74, 6) is 1.16. The molecule has 5 heteroatoms. The second kappa shape index (κ2) is 4.37. The Morgan fingerprint density at radius 2 is 1.77 bits per heavy atom. The van der Waals surface area contributed by atoms with Crippen LogP contribution in [-0.2, 0) is 4.79 Å². The molecule has 4 aliphatic rings. The molecular weight excluding hydrogens is 280 g/mol. The Kier molecular flexibility index (Phi) is 2.75. The molecule has 0 aromatic carbocycles. The van der Waals surface area contributed by atoms with Gasteiger partial charge in [0.05, 0.1) is 6.04 Å². The third-order valence-corrected chi connectivity index (χ3v) is 5.89. The van der Waals surface area contributed by atoms with Crippen LogP contribution in [0.15, 0.2) is 24.3 Å². The van der Waals surface area contributed by atoms with E-state index in [0.717, 1.165) is 6.42 Å². The minimum Gasteiger partial charge on any atom is -0.465 e. The first-order valence-electron chi connectivity index (χ1n) is 8.06. The van der Waals surface area contributed by atoms with Gasteiger partial charge in [0.1, 0.15) is 0 Å². The van der Waals surface area contributed by atoms with Gasteiger partial charge < -0.3 is 14.9 Å². The number of hydrogen-bond donors (Lipinski definition) is 1. The van der Waals surface area contributed by atoms with Crippen LogP contribution in [0, 0.1) is 23.7 Å². The van der Waals surface area contributed by atoms with E-state index >= 15 is 0 Å². The summed E-state index contributed by atoms with van der Waals surface area (Å²) >= 11 is 0. The summed E-state index contributed by atoms with van der Waals surface area (Å²) in [6.07, 6.45) is 8.58. The summed E-state index contributed by atoms with van der Waals surface area (Å²) in [6, 6.07) is 0.171. The first-order chi connectivity index (χ1) is 10.4. The van der Waals surface area contributed by atoms with E-state index in [1.165, 1.54) is 4.90 Å². The van der Waals surface area contributed by atoms with Gasteiger partial charge in [-0.1, -0.05) is 24.3 Å². The normalized spacial score (nSPS) is 40.5. The highest BCUT2D eigenvalue weighted by atomic mass is 16.4. The topological polar surface area (TPSA) is 60.9 Å². The van der Waals surface area contributed by atoms with Crippen LogP contribution in [0.4, 0.5) is 4.79 Å². The fraction of sp³-hybridized carbons (Fsp3) is 0.647. The molecule has 0 radical (unpaired) electrons. The molecule has 5 atom stereocenters. The molecule has 2 amide bonds. The van der Waals surface area contributed by atoms with Crippen molar-refractivity contribution < 1.29 is 14.7 Å². The van der Waals surface area contributed by atoms with Crippen molar-refractivity contribution in [3.8, 4) is 0 Å². The van der Waals surface area contributed by atoms with Gasteiger partial charge in [0.15, 0.2) is 0 Å². The monoisotopic (exact) mass is 302 g/mol. The Bertz CT molecular complexity index is 583. The van der Waals surface area contributed by atoms with E-state index in [1.807, 2.05) is 6.08 Å². The van der Waals surface area contributed by atoms with E-state index in [0.29, 0.717) is 19.0 Å². The lowest BCUT2D eigenvalue weighted by Crippen LogP contribution is -2.49. The molecule has 2 aliphatic heterocycles. The zero-order chi connectivity index (χ0) is 15.6. The minimum atomic E-state index is -0.861. The summed E-state index contributed by atoms with van der Waals surface area (Å²) in [6.45, 7) is 5.34. The van der Waals surface area contributed by atoms with Crippen molar-refractivity contribution in [1.29, 1.82) is 0 Å². The standard InChI is InChI=1S/C17H22N2O3/c1-17(2)7-10-5-3-4-6-13(10)19(17)15(20)14-11-8-18(16(21)22)9-12(11)14/h3-6,10-14H,7-9H2,1-2H3,(H,21,22)/t10?,11-,12+,13?,14?. The third-order valence-electron chi connectivity index (χ3n) is 5.89. The molecule has 2 saturated heterocycles. The van der Waals surface area contributed by atoms with Gasteiger partial charge in [0.2, 0.25) is 5.91 Å². The maximum atomic E-state index is 13.1. The quantitative estimate of drug-likeness (QED) is 0.805. The van der Waals surface area contributed by atoms with Crippen LogP contribution < -0.4 is 0 Å². The van der Waals surface area contributed by atoms with Crippen molar-refractivity contribution in [2.24, 2.45) is 23.7 Å². The Labute approximate surface area is 130 Å². The number of fused-ring (bicyclic) bond motifs is 2. The summed E-state index contributed by atoms with van der Waals surface area (Å²) in [5, 5.41) is 9.04. The van der Waals surface area contributed by atoms with E-state index in [4.69, 9.17) is 5.11 Å². The molecule has 2 aliphatic carbocycles. The number of likely N-dealkylation sites (tertiary alicyclic amines) is 2. The van der Waals surface area contributed by atoms with E-state index < -0.39 is 6.09 Å². The minimum absolute atomic E-state index is 0.0351. The lowest BCUT2D eigenvalue weighted by atomic mass is 9.92.